The molecule has 3 nitrogen and oxygen atoms in total. The van der Waals surface area contributed by atoms with Crippen molar-refractivity contribution in [2.24, 2.45) is 0 Å². The molecule has 0 N–H and O–H groups in total. The summed E-state index contributed by atoms with van der Waals surface area (Å²) in [6.07, 6.45) is 4.58. The van der Waals surface area contributed by atoms with Crippen LogP contribution in [0.4, 0.5) is 0 Å². The van der Waals surface area contributed by atoms with Gasteiger partial charge in [-0.15, -0.1) is 0 Å². The minimum atomic E-state index is 0.851. The molecule has 7 aromatic rings. The van der Waals surface area contributed by atoms with Gasteiger partial charge in [0.05, 0.1) is 16.7 Å². The number of imidazole rings is 1. The monoisotopic (exact) mass is 475 g/mol. The van der Waals surface area contributed by atoms with E-state index in [1.807, 2.05) is 12.4 Å². The molecule has 2 heterocycles. The SMILES string of the molecule is CCc1nc2ccccc2n1-c1c2ccccc2c(-c2ccccc2-c2ccncc2)c2ccccc12. The zero-order valence-corrected chi connectivity index (χ0v) is 20.6. The average molecular weight is 476 g/mol. The van der Waals surface area contributed by atoms with Crippen LogP contribution in [0.25, 0.3) is 60.5 Å². The van der Waals surface area contributed by atoms with Gasteiger partial charge in [-0.2, -0.15) is 0 Å². The first-order valence-electron chi connectivity index (χ1n) is 12.7. The molecule has 0 saturated heterocycles. The van der Waals surface area contributed by atoms with Crippen LogP contribution in [0.15, 0.2) is 122 Å². The maximum Gasteiger partial charge on any atom is 0.114 e. The normalized spacial score (nSPS) is 11.5. The van der Waals surface area contributed by atoms with Crippen molar-refractivity contribution in [2.75, 3.05) is 0 Å². The predicted octanol–water partition coefficient (Wildman–Crippen LogP) is 8.62. The summed E-state index contributed by atoms with van der Waals surface area (Å²) >= 11 is 0. The van der Waals surface area contributed by atoms with Crippen LogP contribution in [0.3, 0.4) is 0 Å². The maximum atomic E-state index is 5.01. The van der Waals surface area contributed by atoms with E-state index in [2.05, 4.69) is 126 Å². The Morgan fingerprint density at radius 3 is 1.84 bits per heavy atom. The highest BCUT2D eigenvalue weighted by molar-refractivity contribution is 6.19. The number of rotatable bonds is 4. The van der Waals surface area contributed by atoms with Gasteiger partial charge >= 0.3 is 0 Å². The van der Waals surface area contributed by atoms with Crippen molar-refractivity contribution in [2.45, 2.75) is 13.3 Å². The molecule has 0 saturated carbocycles. The number of aromatic nitrogens is 3. The fourth-order valence-electron chi connectivity index (χ4n) is 5.68. The van der Waals surface area contributed by atoms with E-state index in [9.17, 15) is 0 Å². The summed E-state index contributed by atoms with van der Waals surface area (Å²) in [6.45, 7) is 2.18. The zero-order valence-electron chi connectivity index (χ0n) is 20.6. The van der Waals surface area contributed by atoms with E-state index in [1.165, 1.54) is 43.9 Å². The molecule has 0 amide bonds. The van der Waals surface area contributed by atoms with Crippen molar-refractivity contribution in [3.8, 4) is 27.9 Å². The molecule has 0 atom stereocenters. The molecule has 0 aliphatic rings. The molecule has 7 rings (SSSR count). The third kappa shape index (κ3) is 3.35. The van der Waals surface area contributed by atoms with Gasteiger partial charge in [0.15, 0.2) is 0 Å². The molecule has 0 radical (unpaired) electrons. The number of para-hydroxylation sites is 2. The largest absolute Gasteiger partial charge is 0.295 e. The van der Waals surface area contributed by atoms with Crippen LogP contribution < -0.4 is 0 Å². The number of fused-ring (bicyclic) bond motifs is 3. The number of nitrogens with zero attached hydrogens (tertiary/aromatic N) is 3. The Balaban J connectivity index is 1.66. The molecule has 0 aliphatic carbocycles. The molecule has 0 aliphatic heterocycles. The first-order chi connectivity index (χ1) is 18.3. The van der Waals surface area contributed by atoms with Gasteiger partial charge in [0.1, 0.15) is 5.82 Å². The fraction of sp³-hybridized carbons (Fsp3) is 0.0588. The molecule has 2 aromatic heterocycles. The molecular weight excluding hydrogens is 450 g/mol. The highest BCUT2D eigenvalue weighted by Crippen LogP contribution is 2.44. The van der Waals surface area contributed by atoms with Gasteiger partial charge in [-0.05, 0) is 57.3 Å². The summed E-state index contributed by atoms with van der Waals surface area (Å²) in [5, 5.41) is 4.91. The van der Waals surface area contributed by atoms with Gasteiger partial charge in [0.25, 0.3) is 0 Å². The summed E-state index contributed by atoms with van der Waals surface area (Å²) in [7, 11) is 0. The van der Waals surface area contributed by atoms with E-state index < -0.39 is 0 Å². The van der Waals surface area contributed by atoms with E-state index in [1.54, 1.807) is 0 Å². The van der Waals surface area contributed by atoms with Crippen molar-refractivity contribution in [3.63, 3.8) is 0 Å². The van der Waals surface area contributed by atoms with E-state index in [-0.39, 0.29) is 0 Å². The standard InChI is InChI=1S/C34H25N3/c1-2-32-36-30-17-9-10-18-31(30)37(32)34-28-15-7-5-13-26(28)33(27-14-6-8-16-29(27)34)25-12-4-3-11-24(25)23-19-21-35-22-20-23/h3-22H,2H2,1H3. The lowest BCUT2D eigenvalue weighted by Gasteiger charge is -2.21. The van der Waals surface area contributed by atoms with Crippen molar-refractivity contribution in [1.29, 1.82) is 0 Å². The van der Waals surface area contributed by atoms with Gasteiger partial charge in [0.2, 0.25) is 0 Å². The lowest BCUT2D eigenvalue weighted by Crippen LogP contribution is -2.03. The van der Waals surface area contributed by atoms with Gasteiger partial charge in [0, 0.05) is 29.6 Å². The van der Waals surface area contributed by atoms with Crippen molar-refractivity contribution in [1.82, 2.24) is 14.5 Å². The fourth-order valence-corrected chi connectivity index (χ4v) is 5.68. The van der Waals surface area contributed by atoms with E-state index in [4.69, 9.17) is 4.98 Å². The zero-order chi connectivity index (χ0) is 24.8. The molecule has 5 aromatic carbocycles. The van der Waals surface area contributed by atoms with Crippen LogP contribution in [-0.2, 0) is 6.42 Å². The molecule has 176 valence electrons. The number of aryl methyl sites for hydroxylation is 1. The number of benzene rings is 5. The third-order valence-electron chi connectivity index (χ3n) is 7.26. The second kappa shape index (κ2) is 8.72. The summed E-state index contributed by atoms with van der Waals surface area (Å²) in [6, 6.07) is 38.9. The van der Waals surface area contributed by atoms with E-state index >= 15 is 0 Å². The van der Waals surface area contributed by atoms with Crippen LogP contribution in [-0.4, -0.2) is 14.5 Å². The topological polar surface area (TPSA) is 30.7 Å². The Hall–Kier alpha value is -4.76. The Kier molecular flexibility index (Phi) is 5.07. The summed E-state index contributed by atoms with van der Waals surface area (Å²) in [5.74, 6) is 1.07. The molecule has 0 spiro atoms. The summed E-state index contributed by atoms with van der Waals surface area (Å²) in [5.41, 5.74) is 8.21. The van der Waals surface area contributed by atoms with Gasteiger partial charge in [-0.3, -0.25) is 9.55 Å². The Morgan fingerprint density at radius 1 is 0.595 bits per heavy atom. The lowest BCUT2D eigenvalue weighted by atomic mass is 9.87. The number of pyridine rings is 1. The molecule has 0 unspecified atom stereocenters. The Morgan fingerprint density at radius 2 is 1.16 bits per heavy atom. The lowest BCUT2D eigenvalue weighted by molar-refractivity contribution is 0.917. The van der Waals surface area contributed by atoms with E-state index in [0.29, 0.717) is 0 Å². The molecular formula is C34H25N3. The molecule has 3 heteroatoms. The van der Waals surface area contributed by atoms with Crippen LogP contribution in [0, 0.1) is 0 Å². The highest BCUT2D eigenvalue weighted by atomic mass is 15.1. The third-order valence-corrected chi connectivity index (χ3v) is 7.26. The van der Waals surface area contributed by atoms with Gasteiger partial charge in [-0.25, -0.2) is 4.98 Å². The second-order valence-electron chi connectivity index (χ2n) is 9.30. The minimum Gasteiger partial charge on any atom is -0.295 e. The number of hydrogen-bond donors (Lipinski definition) is 0. The van der Waals surface area contributed by atoms with E-state index in [0.717, 1.165) is 28.8 Å². The quantitative estimate of drug-likeness (QED) is 0.239. The molecule has 0 fully saturated rings. The summed E-state index contributed by atoms with van der Waals surface area (Å²) in [4.78, 5) is 9.26. The highest BCUT2D eigenvalue weighted by Gasteiger charge is 2.21. The van der Waals surface area contributed by atoms with Crippen LogP contribution >= 0.6 is 0 Å². The van der Waals surface area contributed by atoms with Crippen LogP contribution in [0.2, 0.25) is 0 Å². The summed E-state index contributed by atoms with van der Waals surface area (Å²) < 4.78 is 2.37. The molecule has 0 bridgehead atoms. The second-order valence-corrected chi connectivity index (χ2v) is 9.30. The van der Waals surface area contributed by atoms with Crippen molar-refractivity contribution in [3.05, 3.63) is 127 Å². The van der Waals surface area contributed by atoms with Crippen LogP contribution in [0.1, 0.15) is 12.7 Å². The Bertz CT molecular complexity index is 1860. The van der Waals surface area contributed by atoms with Crippen molar-refractivity contribution >= 4 is 32.6 Å². The molecule has 37 heavy (non-hydrogen) atoms. The smallest absolute Gasteiger partial charge is 0.114 e. The number of hydrogen-bond acceptors (Lipinski definition) is 2. The minimum absolute atomic E-state index is 0.851. The van der Waals surface area contributed by atoms with Gasteiger partial charge < -0.3 is 0 Å². The first kappa shape index (κ1) is 21.5. The Labute approximate surface area is 215 Å². The van der Waals surface area contributed by atoms with Gasteiger partial charge in [-0.1, -0.05) is 91.9 Å². The average Bonchev–Trinajstić information content (AvgIpc) is 3.34. The maximum absolute atomic E-state index is 5.01. The predicted molar refractivity (Wildman–Crippen MR) is 154 cm³/mol. The van der Waals surface area contributed by atoms with Crippen LogP contribution in [0.5, 0.6) is 0 Å². The first-order valence-corrected chi connectivity index (χ1v) is 12.7. The van der Waals surface area contributed by atoms with Crippen molar-refractivity contribution < 1.29 is 0 Å².